The Labute approximate surface area is 127 Å². The van der Waals surface area contributed by atoms with Crippen LogP contribution in [0.15, 0.2) is 28.1 Å². The largest absolute Gasteiger partial charge is 0.481 e. The molecule has 100 valence electrons. The van der Waals surface area contributed by atoms with Crippen molar-refractivity contribution in [2.75, 3.05) is 5.32 Å². The number of nitrogens with one attached hydrogen (secondary N) is 1. The average Bonchev–Trinajstić information content (AvgIpc) is 2.78. The van der Waals surface area contributed by atoms with Crippen LogP contribution in [-0.2, 0) is 11.2 Å². The van der Waals surface area contributed by atoms with Gasteiger partial charge in [0.25, 0.3) is 0 Å². The predicted octanol–water partition coefficient (Wildman–Crippen LogP) is 4.32. The van der Waals surface area contributed by atoms with Crippen LogP contribution in [0.3, 0.4) is 0 Å². The number of halogens is 2. The summed E-state index contributed by atoms with van der Waals surface area (Å²) in [6.07, 6.45) is 0.518. The molecule has 0 atom stereocenters. The number of aromatic nitrogens is 1. The van der Waals surface area contributed by atoms with Gasteiger partial charge in [0.05, 0.1) is 22.8 Å². The Kier molecular flexibility index (Phi) is 4.79. The number of carboxylic acids is 1. The number of carboxylic acid groups (broad SMARTS) is 1. The van der Waals surface area contributed by atoms with Crippen molar-refractivity contribution in [3.8, 4) is 0 Å². The summed E-state index contributed by atoms with van der Waals surface area (Å²) in [7, 11) is 0. The number of anilines is 2. The second-order valence-electron chi connectivity index (χ2n) is 3.79. The van der Waals surface area contributed by atoms with Gasteiger partial charge in [-0.15, -0.1) is 11.3 Å². The third-order valence-corrected chi connectivity index (χ3v) is 3.93. The van der Waals surface area contributed by atoms with Crippen LogP contribution in [0.2, 0.25) is 5.02 Å². The van der Waals surface area contributed by atoms with Gasteiger partial charge in [0.15, 0.2) is 5.13 Å². The van der Waals surface area contributed by atoms with E-state index >= 15 is 0 Å². The van der Waals surface area contributed by atoms with Gasteiger partial charge in [-0.05, 0) is 18.2 Å². The summed E-state index contributed by atoms with van der Waals surface area (Å²) in [5.41, 5.74) is 1.53. The van der Waals surface area contributed by atoms with E-state index in [1.54, 1.807) is 6.07 Å². The lowest BCUT2D eigenvalue weighted by Gasteiger charge is -2.05. The van der Waals surface area contributed by atoms with E-state index in [4.69, 9.17) is 16.7 Å². The highest BCUT2D eigenvalue weighted by atomic mass is 79.9. The van der Waals surface area contributed by atoms with Crippen molar-refractivity contribution in [1.29, 1.82) is 0 Å². The van der Waals surface area contributed by atoms with Crippen molar-refractivity contribution >= 4 is 55.7 Å². The molecule has 0 bridgehead atoms. The van der Waals surface area contributed by atoms with E-state index in [2.05, 4.69) is 26.2 Å². The molecule has 0 saturated carbocycles. The molecule has 2 aromatic rings. The maximum absolute atomic E-state index is 10.5. The number of nitrogens with zero attached hydrogens (tertiary/aromatic N) is 1. The van der Waals surface area contributed by atoms with Crippen LogP contribution < -0.4 is 5.32 Å². The van der Waals surface area contributed by atoms with Gasteiger partial charge in [0, 0.05) is 16.3 Å². The monoisotopic (exact) mass is 360 g/mol. The molecule has 19 heavy (non-hydrogen) atoms. The zero-order valence-corrected chi connectivity index (χ0v) is 12.8. The summed E-state index contributed by atoms with van der Waals surface area (Å²) in [6, 6.07) is 5.53. The maximum atomic E-state index is 10.5. The van der Waals surface area contributed by atoms with Gasteiger partial charge < -0.3 is 10.4 Å². The number of aryl methyl sites for hydroxylation is 1. The van der Waals surface area contributed by atoms with Gasteiger partial charge in [-0.1, -0.05) is 27.5 Å². The van der Waals surface area contributed by atoms with Crippen molar-refractivity contribution in [3.63, 3.8) is 0 Å². The molecule has 0 unspecified atom stereocenters. The zero-order chi connectivity index (χ0) is 13.8. The van der Waals surface area contributed by atoms with E-state index in [0.717, 1.165) is 15.9 Å². The van der Waals surface area contributed by atoms with Crippen LogP contribution in [0.4, 0.5) is 10.8 Å². The van der Waals surface area contributed by atoms with Crippen LogP contribution in [0.5, 0.6) is 0 Å². The Morgan fingerprint density at radius 1 is 1.53 bits per heavy atom. The van der Waals surface area contributed by atoms with E-state index in [1.165, 1.54) is 11.3 Å². The number of carbonyl (C=O) groups is 1. The van der Waals surface area contributed by atoms with E-state index in [-0.39, 0.29) is 6.42 Å². The Morgan fingerprint density at radius 2 is 2.32 bits per heavy atom. The lowest BCUT2D eigenvalue weighted by Crippen LogP contribution is -1.98. The van der Waals surface area contributed by atoms with Gasteiger partial charge in [-0.2, -0.15) is 0 Å². The first-order chi connectivity index (χ1) is 9.04. The van der Waals surface area contributed by atoms with Gasteiger partial charge >= 0.3 is 5.97 Å². The van der Waals surface area contributed by atoms with Gasteiger partial charge in [-0.25, -0.2) is 4.98 Å². The Morgan fingerprint density at radius 3 is 3.00 bits per heavy atom. The standard InChI is InChI=1S/C12H10BrClN2O2S/c13-7-1-3-10(9(14)5-7)16-12-15-8(6-19-12)2-4-11(17)18/h1,3,5-6H,2,4H2,(H,15,16)(H,17,18). The van der Waals surface area contributed by atoms with Crippen LogP contribution >= 0.6 is 38.9 Å². The average molecular weight is 362 g/mol. The predicted molar refractivity (Wildman–Crippen MR) is 80.5 cm³/mol. The van der Waals surface area contributed by atoms with E-state index < -0.39 is 5.97 Å². The fraction of sp³-hybridized carbons (Fsp3) is 0.167. The third kappa shape index (κ3) is 4.19. The molecule has 4 nitrogen and oxygen atoms in total. The summed E-state index contributed by atoms with van der Waals surface area (Å²) < 4.78 is 0.907. The van der Waals surface area contributed by atoms with Crippen LogP contribution in [0.25, 0.3) is 0 Å². The van der Waals surface area contributed by atoms with E-state index in [9.17, 15) is 4.79 Å². The van der Waals surface area contributed by atoms with Crippen molar-refractivity contribution in [2.45, 2.75) is 12.8 Å². The van der Waals surface area contributed by atoms with Crippen molar-refractivity contribution in [1.82, 2.24) is 4.98 Å². The lowest BCUT2D eigenvalue weighted by atomic mass is 10.2. The second kappa shape index (κ2) is 6.36. The fourth-order valence-corrected chi connectivity index (χ4v) is 2.90. The first kappa shape index (κ1) is 14.3. The quantitative estimate of drug-likeness (QED) is 0.832. The molecule has 0 aliphatic rings. The molecular weight excluding hydrogens is 352 g/mol. The van der Waals surface area contributed by atoms with E-state index in [1.807, 2.05) is 17.5 Å². The number of hydrogen-bond acceptors (Lipinski definition) is 4. The Bertz CT molecular complexity index is 603. The molecule has 2 rings (SSSR count). The Hall–Kier alpha value is -1.11. The smallest absolute Gasteiger partial charge is 0.303 e. The highest BCUT2D eigenvalue weighted by molar-refractivity contribution is 9.10. The molecule has 1 heterocycles. The summed E-state index contributed by atoms with van der Waals surface area (Å²) in [5.74, 6) is -0.821. The molecule has 7 heteroatoms. The minimum absolute atomic E-state index is 0.0855. The summed E-state index contributed by atoms with van der Waals surface area (Å²) >= 11 is 10.9. The number of hydrogen-bond donors (Lipinski definition) is 2. The first-order valence-electron chi connectivity index (χ1n) is 5.43. The van der Waals surface area contributed by atoms with Gasteiger partial charge in [-0.3, -0.25) is 4.79 Å². The number of benzene rings is 1. The molecule has 0 saturated heterocycles. The molecule has 0 amide bonds. The summed E-state index contributed by atoms with van der Waals surface area (Å²) in [6.45, 7) is 0. The molecule has 0 fully saturated rings. The molecule has 0 aliphatic heterocycles. The topological polar surface area (TPSA) is 62.2 Å². The van der Waals surface area contributed by atoms with Crippen molar-refractivity contribution in [3.05, 3.63) is 38.8 Å². The molecule has 2 N–H and O–H groups in total. The van der Waals surface area contributed by atoms with E-state index in [0.29, 0.717) is 16.6 Å². The molecule has 0 aliphatic carbocycles. The number of thiazole rings is 1. The Balaban J connectivity index is 2.05. The molecular formula is C12H10BrClN2O2S. The summed E-state index contributed by atoms with van der Waals surface area (Å²) in [5, 5.41) is 14.9. The second-order valence-corrected chi connectivity index (χ2v) is 5.97. The maximum Gasteiger partial charge on any atom is 0.303 e. The molecule has 0 radical (unpaired) electrons. The molecule has 0 spiro atoms. The number of rotatable bonds is 5. The summed E-state index contributed by atoms with van der Waals surface area (Å²) in [4.78, 5) is 14.8. The van der Waals surface area contributed by atoms with Gasteiger partial charge in [0.2, 0.25) is 0 Å². The minimum atomic E-state index is -0.821. The zero-order valence-electron chi connectivity index (χ0n) is 9.69. The minimum Gasteiger partial charge on any atom is -0.481 e. The SMILES string of the molecule is O=C(O)CCc1csc(Nc2ccc(Br)cc2Cl)n1. The third-order valence-electron chi connectivity index (χ3n) is 2.32. The molecule has 1 aromatic carbocycles. The first-order valence-corrected chi connectivity index (χ1v) is 7.48. The van der Waals surface area contributed by atoms with Crippen LogP contribution in [-0.4, -0.2) is 16.1 Å². The highest BCUT2D eigenvalue weighted by Crippen LogP contribution is 2.29. The number of aliphatic carboxylic acids is 1. The molecule has 1 aromatic heterocycles. The fourth-order valence-electron chi connectivity index (χ4n) is 1.42. The van der Waals surface area contributed by atoms with Crippen LogP contribution in [0, 0.1) is 0 Å². The van der Waals surface area contributed by atoms with Crippen molar-refractivity contribution < 1.29 is 9.90 Å². The van der Waals surface area contributed by atoms with Gasteiger partial charge in [0.1, 0.15) is 0 Å². The van der Waals surface area contributed by atoms with Crippen molar-refractivity contribution in [2.24, 2.45) is 0 Å². The highest BCUT2D eigenvalue weighted by Gasteiger charge is 2.07. The van der Waals surface area contributed by atoms with Crippen LogP contribution in [0.1, 0.15) is 12.1 Å². The normalized spacial score (nSPS) is 10.4. The lowest BCUT2D eigenvalue weighted by molar-refractivity contribution is -0.136.